The summed E-state index contributed by atoms with van der Waals surface area (Å²) >= 11 is 0.914. The molecule has 1 unspecified atom stereocenters. The number of aryl methyl sites for hydroxylation is 1. The molecule has 1 aliphatic rings. The molecule has 1 N–H and O–H groups in total. The zero-order valence-electron chi connectivity index (χ0n) is 11.7. The fourth-order valence-corrected chi connectivity index (χ4v) is 3.10. The molecule has 2 aromatic rings. The van der Waals surface area contributed by atoms with E-state index in [1.165, 1.54) is 29.2 Å². The zero-order chi connectivity index (χ0) is 15.7. The first-order valence-electron chi connectivity index (χ1n) is 6.68. The highest BCUT2D eigenvalue weighted by Crippen LogP contribution is 2.32. The lowest BCUT2D eigenvalue weighted by Crippen LogP contribution is -2.34. The van der Waals surface area contributed by atoms with Crippen molar-refractivity contribution in [2.24, 2.45) is 0 Å². The van der Waals surface area contributed by atoms with Crippen LogP contribution in [0.5, 0.6) is 0 Å². The van der Waals surface area contributed by atoms with Crippen LogP contribution in [0, 0.1) is 12.7 Å². The minimum Gasteiger partial charge on any atom is -0.365 e. The molecule has 0 radical (unpaired) electrons. The highest BCUT2D eigenvalue weighted by atomic mass is 32.2. The molecule has 3 rings (SSSR count). The number of imide groups is 1. The van der Waals surface area contributed by atoms with Crippen LogP contribution in [0.2, 0.25) is 0 Å². The Kier molecular flexibility index (Phi) is 3.85. The van der Waals surface area contributed by atoms with Crippen LogP contribution < -0.4 is 10.2 Å². The summed E-state index contributed by atoms with van der Waals surface area (Å²) < 4.78 is 12.9. The second kappa shape index (κ2) is 5.81. The smallest absolute Gasteiger partial charge is 0.295 e. The topological polar surface area (TPSA) is 49.4 Å². The summed E-state index contributed by atoms with van der Waals surface area (Å²) in [5.41, 5.74) is 2.12. The molecule has 1 fully saturated rings. The number of hydrogen-bond donors (Lipinski definition) is 1. The van der Waals surface area contributed by atoms with Crippen LogP contribution >= 0.6 is 11.8 Å². The van der Waals surface area contributed by atoms with Gasteiger partial charge in [-0.05, 0) is 60.6 Å². The number of hydrogen-bond acceptors (Lipinski definition) is 4. The minimum atomic E-state index is -0.710. The van der Waals surface area contributed by atoms with E-state index in [0.29, 0.717) is 11.4 Å². The van der Waals surface area contributed by atoms with Gasteiger partial charge in [0.05, 0.1) is 5.69 Å². The number of nitrogens with one attached hydrogen (secondary N) is 1. The Hall–Kier alpha value is -2.34. The molecule has 1 atom stereocenters. The van der Waals surface area contributed by atoms with E-state index in [-0.39, 0.29) is 17.0 Å². The number of carbonyl (C=O) groups is 2. The standard InChI is InChI=1S/C16H13FN2O2S/c1-10-3-2-4-13(9-10)19-15(20)14(22-16(19)21)18-12-7-5-11(17)6-8-12/h2-9,14,18H,1H3. The van der Waals surface area contributed by atoms with Gasteiger partial charge in [-0.15, -0.1) is 0 Å². The van der Waals surface area contributed by atoms with Gasteiger partial charge in [0, 0.05) is 5.69 Å². The van der Waals surface area contributed by atoms with E-state index in [2.05, 4.69) is 5.32 Å². The van der Waals surface area contributed by atoms with E-state index in [0.717, 1.165) is 17.3 Å². The molecule has 4 nitrogen and oxygen atoms in total. The fraction of sp³-hybridized carbons (Fsp3) is 0.125. The van der Waals surface area contributed by atoms with E-state index in [1.807, 2.05) is 13.0 Å². The summed E-state index contributed by atoms with van der Waals surface area (Å²) in [6.45, 7) is 1.90. The molecule has 0 saturated carbocycles. The monoisotopic (exact) mass is 316 g/mol. The first kappa shape index (κ1) is 14.6. The highest BCUT2D eigenvalue weighted by Gasteiger charge is 2.40. The summed E-state index contributed by atoms with van der Waals surface area (Å²) in [4.78, 5) is 25.7. The van der Waals surface area contributed by atoms with Gasteiger partial charge in [0.1, 0.15) is 5.82 Å². The largest absolute Gasteiger partial charge is 0.365 e. The Morgan fingerprint density at radius 3 is 2.55 bits per heavy atom. The van der Waals surface area contributed by atoms with Crippen molar-refractivity contribution in [2.75, 3.05) is 10.2 Å². The fourth-order valence-electron chi connectivity index (χ4n) is 2.20. The van der Waals surface area contributed by atoms with E-state index in [9.17, 15) is 14.0 Å². The van der Waals surface area contributed by atoms with Gasteiger partial charge in [0.15, 0.2) is 5.37 Å². The Morgan fingerprint density at radius 2 is 1.86 bits per heavy atom. The first-order chi connectivity index (χ1) is 10.5. The van der Waals surface area contributed by atoms with Crippen LogP contribution in [-0.2, 0) is 4.79 Å². The molecular formula is C16H13FN2O2S. The lowest BCUT2D eigenvalue weighted by atomic mass is 10.2. The van der Waals surface area contributed by atoms with Gasteiger partial charge in [0.2, 0.25) is 0 Å². The van der Waals surface area contributed by atoms with Gasteiger partial charge in [0.25, 0.3) is 11.1 Å². The van der Waals surface area contributed by atoms with Crippen molar-refractivity contribution in [1.82, 2.24) is 0 Å². The van der Waals surface area contributed by atoms with Crippen molar-refractivity contribution in [3.05, 3.63) is 59.9 Å². The van der Waals surface area contributed by atoms with E-state index >= 15 is 0 Å². The predicted molar refractivity (Wildman–Crippen MR) is 85.5 cm³/mol. The van der Waals surface area contributed by atoms with Crippen LogP contribution in [0.4, 0.5) is 20.6 Å². The van der Waals surface area contributed by atoms with Crippen molar-refractivity contribution < 1.29 is 14.0 Å². The number of thioether (sulfide) groups is 1. The molecule has 0 spiro atoms. The van der Waals surface area contributed by atoms with Gasteiger partial charge in [-0.1, -0.05) is 12.1 Å². The molecule has 0 aromatic heterocycles. The number of carbonyl (C=O) groups excluding carboxylic acids is 2. The Labute approximate surface area is 131 Å². The third-order valence-corrected chi connectivity index (χ3v) is 4.19. The second-order valence-electron chi connectivity index (χ2n) is 4.93. The molecule has 1 aliphatic heterocycles. The van der Waals surface area contributed by atoms with Crippen LogP contribution in [0.15, 0.2) is 48.5 Å². The van der Waals surface area contributed by atoms with Crippen molar-refractivity contribution in [2.45, 2.75) is 12.3 Å². The van der Waals surface area contributed by atoms with Gasteiger partial charge < -0.3 is 5.32 Å². The van der Waals surface area contributed by atoms with Crippen LogP contribution in [-0.4, -0.2) is 16.5 Å². The Morgan fingerprint density at radius 1 is 1.14 bits per heavy atom. The van der Waals surface area contributed by atoms with Crippen molar-refractivity contribution in [3.63, 3.8) is 0 Å². The SMILES string of the molecule is Cc1cccc(N2C(=O)SC(Nc3ccc(F)cc3)C2=O)c1. The zero-order valence-corrected chi connectivity index (χ0v) is 12.6. The Balaban J connectivity index is 1.81. The number of nitrogens with zero attached hydrogens (tertiary/aromatic N) is 1. The quantitative estimate of drug-likeness (QED) is 0.936. The Bertz CT molecular complexity index is 733. The van der Waals surface area contributed by atoms with Crippen molar-refractivity contribution >= 4 is 34.3 Å². The molecule has 6 heteroatoms. The lowest BCUT2D eigenvalue weighted by Gasteiger charge is -2.15. The predicted octanol–water partition coefficient (Wildman–Crippen LogP) is 3.77. The summed E-state index contributed by atoms with van der Waals surface area (Å²) in [5, 5.41) is 1.91. The number of rotatable bonds is 3. The minimum absolute atomic E-state index is 0.324. The van der Waals surface area contributed by atoms with Crippen molar-refractivity contribution in [1.29, 1.82) is 0 Å². The van der Waals surface area contributed by atoms with Crippen molar-refractivity contribution in [3.8, 4) is 0 Å². The summed E-state index contributed by atoms with van der Waals surface area (Å²) in [7, 11) is 0. The second-order valence-corrected chi connectivity index (χ2v) is 5.98. The summed E-state index contributed by atoms with van der Waals surface area (Å²) in [6.07, 6.45) is 0. The molecule has 0 aliphatic carbocycles. The number of anilines is 2. The molecule has 112 valence electrons. The van der Waals surface area contributed by atoms with E-state index < -0.39 is 5.37 Å². The van der Waals surface area contributed by atoms with Gasteiger partial charge in [-0.2, -0.15) is 0 Å². The summed E-state index contributed by atoms with van der Waals surface area (Å²) in [6, 6.07) is 12.9. The maximum atomic E-state index is 12.9. The third-order valence-electron chi connectivity index (χ3n) is 3.25. The highest BCUT2D eigenvalue weighted by molar-refractivity contribution is 8.16. The van der Waals surface area contributed by atoms with Gasteiger partial charge >= 0.3 is 0 Å². The number of amides is 2. The van der Waals surface area contributed by atoms with E-state index in [4.69, 9.17) is 0 Å². The van der Waals surface area contributed by atoms with Gasteiger partial charge in [-0.25, -0.2) is 9.29 Å². The lowest BCUT2D eigenvalue weighted by molar-refractivity contribution is -0.116. The maximum Gasteiger partial charge on any atom is 0.295 e. The third kappa shape index (κ3) is 2.82. The molecule has 1 heterocycles. The molecule has 0 bridgehead atoms. The number of benzene rings is 2. The molecule has 2 amide bonds. The molecule has 1 saturated heterocycles. The van der Waals surface area contributed by atoms with Crippen LogP contribution in [0.25, 0.3) is 0 Å². The maximum absolute atomic E-state index is 12.9. The van der Waals surface area contributed by atoms with Crippen LogP contribution in [0.3, 0.4) is 0 Å². The van der Waals surface area contributed by atoms with Crippen LogP contribution in [0.1, 0.15) is 5.56 Å². The summed E-state index contributed by atoms with van der Waals surface area (Å²) in [5.74, 6) is -0.682. The van der Waals surface area contributed by atoms with Gasteiger partial charge in [-0.3, -0.25) is 9.59 Å². The van der Waals surface area contributed by atoms with E-state index in [1.54, 1.807) is 18.2 Å². The molecule has 22 heavy (non-hydrogen) atoms. The molecular weight excluding hydrogens is 303 g/mol. The normalized spacial score (nSPS) is 17.9. The number of halogens is 1. The average Bonchev–Trinajstić information content (AvgIpc) is 2.76. The average molecular weight is 316 g/mol. The first-order valence-corrected chi connectivity index (χ1v) is 7.56. The molecule has 2 aromatic carbocycles.